The highest BCUT2D eigenvalue weighted by Crippen LogP contribution is 2.36. The van der Waals surface area contributed by atoms with Crippen molar-refractivity contribution >= 4 is 69.8 Å². The van der Waals surface area contributed by atoms with Crippen molar-refractivity contribution < 1.29 is 40.8 Å². The molecule has 7 nitrogen and oxygen atoms in total. The molecule has 1 rings (SSSR count). The van der Waals surface area contributed by atoms with Gasteiger partial charge in [-0.25, -0.2) is 18.0 Å². The SMILES string of the molecule is O=C(/C=C/C(=O)Oc1c(Br)cc(Br)cc1Br)OCC(F)(F)S(=O)(=O)[O-]. The molecule has 0 saturated heterocycles. The molecule has 1 aromatic rings. The predicted molar refractivity (Wildman–Crippen MR) is 89.9 cm³/mol. The van der Waals surface area contributed by atoms with E-state index >= 15 is 0 Å². The molecule has 138 valence electrons. The number of rotatable bonds is 6. The van der Waals surface area contributed by atoms with Gasteiger partial charge < -0.3 is 14.0 Å². The third-order valence-corrected chi connectivity index (χ3v) is 4.75. The number of benzene rings is 1. The molecule has 13 heteroatoms. The Morgan fingerprint density at radius 1 is 1.12 bits per heavy atom. The van der Waals surface area contributed by atoms with Crippen molar-refractivity contribution in [1.29, 1.82) is 0 Å². The van der Waals surface area contributed by atoms with Crippen LogP contribution < -0.4 is 4.74 Å². The fourth-order valence-corrected chi connectivity index (χ4v) is 3.80. The van der Waals surface area contributed by atoms with Crippen LogP contribution in [-0.2, 0) is 24.4 Å². The molecule has 0 aromatic heterocycles. The Labute approximate surface area is 165 Å². The Kier molecular flexibility index (Phi) is 7.68. The van der Waals surface area contributed by atoms with Crippen molar-refractivity contribution in [2.24, 2.45) is 0 Å². The normalized spacial score (nSPS) is 12.2. The fraction of sp³-hybridized carbons (Fsp3) is 0.167. The molecule has 0 aliphatic carbocycles. The third kappa shape index (κ3) is 6.73. The number of hydrogen-bond acceptors (Lipinski definition) is 7. The van der Waals surface area contributed by atoms with E-state index in [1.807, 2.05) is 0 Å². The van der Waals surface area contributed by atoms with Gasteiger partial charge in [-0.05, 0) is 44.0 Å². The maximum absolute atomic E-state index is 12.8. The zero-order valence-electron chi connectivity index (χ0n) is 11.7. The molecule has 0 fully saturated rings. The van der Waals surface area contributed by atoms with Gasteiger partial charge in [-0.2, -0.15) is 8.78 Å². The summed E-state index contributed by atoms with van der Waals surface area (Å²) in [5, 5.41) is -4.77. The maximum Gasteiger partial charge on any atom is 0.367 e. The second-order valence-electron chi connectivity index (χ2n) is 4.15. The molecular formula is C12H6Br3F2O7S-. The number of esters is 2. The molecular weight excluding hydrogens is 566 g/mol. The van der Waals surface area contributed by atoms with E-state index < -0.39 is 33.9 Å². The Morgan fingerprint density at radius 2 is 1.60 bits per heavy atom. The van der Waals surface area contributed by atoms with E-state index in [0.29, 0.717) is 25.6 Å². The van der Waals surface area contributed by atoms with Gasteiger partial charge in [0.05, 0.1) is 8.95 Å². The summed E-state index contributed by atoms with van der Waals surface area (Å²) in [6.07, 6.45) is 1.02. The number of ether oxygens (including phenoxy) is 2. The zero-order chi connectivity index (χ0) is 19.4. The quantitative estimate of drug-likeness (QED) is 0.223. The van der Waals surface area contributed by atoms with Crippen LogP contribution in [0.15, 0.2) is 37.7 Å². The summed E-state index contributed by atoms with van der Waals surface area (Å²) >= 11 is 9.51. The van der Waals surface area contributed by atoms with Crippen molar-refractivity contribution in [1.82, 2.24) is 0 Å². The topological polar surface area (TPSA) is 110 Å². The van der Waals surface area contributed by atoms with E-state index in [9.17, 15) is 31.3 Å². The van der Waals surface area contributed by atoms with Crippen LogP contribution in [0, 0.1) is 0 Å². The van der Waals surface area contributed by atoms with Crippen LogP contribution >= 0.6 is 47.8 Å². The molecule has 0 N–H and O–H groups in total. The highest BCUT2D eigenvalue weighted by molar-refractivity contribution is 9.11. The first kappa shape index (κ1) is 22.2. The van der Waals surface area contributed by atoms with Gasteiger partial charge in [0, 0.05) is 16.6 Å². The number of hydrogen-bond donors (Lipinski definition) is 0. The minimum atomic E-state index is -5.97. The Morgan fingerprint density at radius 3 is 2.08 bits per heavy atom. The first-order valence-electron chi connectivity index (χ1n) is 5.88. The minimum Gasteiger partial charge on any atom is -0.743 e. The van der Waals surface area contributed by atoms with Crippen molar-refractivity contribution in [2.75, 3.05) is 6.61 Å². The minimum absolute atomic E-state index is 0.0928. The van der Waals surface area contributed by atoms with Crippen molar-refractivity contribution in [2.45, 2.75) is 5.25 Å². The van der Waals surface area contributed by atoms with Gasteiger partial charge in [0.2, 0.25) is 0 Å². The van der Waals surface area contributed by atoms with Crippen LogP contribution in [0.5, 0.6) is 5.75 Å². The van der Waals surface area contributed by atoms with Gasteiger partial charge in [-0.15, -0.1) is 0 Å². The van der Waals surface area contributed by atoms with Gasteiger partial charge in [-0.3, -0.25) is 0 Å². The van der Waals surface area contributed by atoms with Crippen molar-refractivity contribution in [3.8, 4) is 5.75 Å². The zero-order valence-corrected chi connectivity index (χ0v) is 17.2. The lowest BCUT2D eigenvalue weighted by Gasteiger charge is -2.18. The lowest BCUT2D eigenvalue weighted by molar-refractivity contribution is -0.144. The average molecular weight is 572 g/mol. The molecule has 0 aliphatic heterocycles. The van der Waals surface area contributed by atoms with Crippen LogP contribution in [0.1, 0.15) is 0 Å². The predicted octanol–water partition coefficient (Wildman–Crippen LogP) is 3.12. The average Bonchev–Trinajstić information content (AvgIpc) is 2.45. The molecule has 1 aromatic carbocycles. The number of carbonyl (C=O) groups is 2. The highest BCUT2D eigenvalue weighted by atomic mass is 79.9. The Balaban J connectivity index is 2.67. The number of halogens is 5. The lowest BCUT2D eigenvalue weighted by Crippen LogP contribution is -2.34. The summed E-state index contributed by atoms with van der Waals surface area (Å²) in [7, 11) is -5.97. The molecule has 25 heavy (non-hydrogen) atoms. The van der Waals surface area contributed by atoms with Crippen LogP contribution in [0.25, 0.3) is 0 Å². The molecule has 0 bridgehead atoms. The van der Waals surface area contributed by atoms with E-state index in [2.05, 4.69) is 52.5 Å². The van der Waals surface area contributed by atoms with Crippen molar-refractivity contribution in [3.05, 3.63) is 37.7 Å². The fourth-order valence-electron chi connectivity index (χ4n) is 1.17. The smallest absolute Gasteiger partial charge is 0.367 e. The summed E-state index contributed by atoms with van der Waals surface area (Å²) in [5.74, 6) is -2.41. The summed E-state index contributed by atoms with van der Waals surface area (Å²) in [6, 6.07) is 3.16. The molecule has 0 amide bonds. The molecule has 0 spiro atoms. The highest BCUT2D eigenvalue weighted by Gasteiger charge is 2.39. The summed E-state index contributed by atoms with van der Waals surface area (Å²) in [4.78, 5) is 22.8. The molecule has 0 radical (unpaired) electrons. The second kappa shape index (κ2) is 8.66. The van der Waals surface area contributed by atoms with Gasteiger partial charge in [0.1, 0.15) is 0 Å². The van der Waals surface area contributed by atoms with E-state index in [4.69, 9.17) is 4.74 Å². The third-order valence-electron chi connectivity index (χ3n) is 2.27. The number of alkyl halides is 2. The summed E-state index contributed by atoms with van der Waals surface area (Å²) < 4.78 is 66.6. The van der Waals surface area contributed by atoms with E-state index in [1.165, 1.54) is 0 Å². The summed E-state index contributed by atoms with van der Waals surface area (Å²) in [5.41, 5.74) is 0. The van der Waals surface area contributed by atoms with E-state index in [0.717, 1.165) is 0 Å². The Bertz CT molecular complexity index is 801. The van der Waals surface area contributed by atoms with Gasteiger partial charge in [0.15, 0.2) is 22.5 Å². The van der Waals surface area contributed by atoms with Crippen LogP contribution in [0.3, 0.4) is 0 Å². The van der Waals surface area contributed by atoms with Crippen molar-refractivity contribution in [3.63, 3.8) is 0 Å². The largest absolute Gasteiger partial charge is 0.743 e. The molecule has 0 saturated carbocycles. The first-order chi connectivity index (χ1) is 11.3. The van der Waals surface area contributed by atoms with E-state index in [-0.39, 0.29) is 5.75 Å². The molecule has 0 unspecified atom stereocenters. The maximum atomic E-state index is 12.8. The Hall–Kier alpha value is -0.890. The van der Waals surface area contributed by atoms with Crippen LogP contribution in [0.2, 0.25) is 0 Å². The van der Waals surface area contributed by atoms with E-state index in [1.54, 1.807) is 12.1 Å². The standard InChI is InChI=1S/C12H7Br3F2O7S/c13-6-3-7(14)11(8(15)4-6)24-10(19)2-1-9(18)23-5-12(16,17)25(20,21)22/h1-4H,5H2,(H,20,21,22)/p-1/b2-1+. The van der Waals surface area contributed by atoms with Crippen LogP contribution in [-0.4, -0.2) is 36.8 Å². The molecule has 0 heterocycles. The van der Waals surface area contributed by atoms with Gasteiger partial charge in [-0.1, -0.05) is 15.9 Å². The van der Waals surface area contributed by atoms with Gasteiger partial charge >= 0.3 is 17.2 Å². The number of carbonyl (C=O) groups excluding carboxylic acids is 2. The van der Waals surface area contributed by atoms with Gasteiger partial charge in [0.25, 0.3) is 0 Å². The second-order valence-corrected chi connectivity index (χ2v) is 8.28. The lowest BCUT2D eigenvalue weighted by atomic mass is 10.3. The monoisotopic (exact) mass is 569 g/mol. The first-order valence-corrected chi connectivity index (χ1v) is 9.66. The molecule has 0 atom stereocenters. The van der Waals surface area contributed by atoms with Crippen LogP contribution in [0.4, 0.5) is 8.78 Å². The molecule has 0 aliphatic rings. The summed E-state index contributed by atoms with van der Waals surface area (Å²) in [6.45, 7) is -1.97.